The molecule has 0 aliphatic carbocycles. The molecule has 0 saturated carbocycles. The van der Waals surface area contributed by atoms with Crippen molar-refractivity contribution in [2.24, 2.45) is 5.73 Å². The van der Waals surface area contributed by atoms with Crippen LogP contribution < -0.4 is 11.1 Å². The van der Waals surface area contributed by atoms with E-state index >= 15 is 0 Å². The van der Waals surface area contributed by atoms with E-state index in [0.29, 0.717) is 35.9 Å². The van der Waals surface area contributed by atoms with Crippen LogP contribution in [0.15, 0.2) is 30.5 Å². The second-order valence-corrected chi connectivity index (χ2v) is 4.83. The highest BCUT2D eigenvalue weighted by atomic mass is 19.4. The number of anilines is 1. The number of aromatic nitrogens is 2. The number of benzene rings is 1. The van der Waals surface area contributed by atoms with Crippen molar-refractivity contribution in [3.8, 4) is 11.3 Å². The smallest absolute Gasteiger partial charge is 0.382 e. The van der Waals surface area contributed by atoms with Gasteiger partial charge in [-0.3, -0.25) is 0 Å². The van der Waals surface area contributed by atoms with Crippen LogP contribution in [0, 0.1) is 6.92 Å². The van der Waals surface area contributed by atoms with E-state index in [9.17, 15) is 13.2 Å². The van der Waals surface area contributed by atoms with Gasteiger partial charge in [-0.2, -0.15) is 13.2 Å². The first-order chi connectivity index (χ1) is 10.4. The molecular weight excluding hydrogens is 293 g/mol. The molecule has 0 aliphatic rings. The molecule has 0 spiro atoms. The summed E-state index contributed by atoms with van der Waals surface area (Å²) in [6.45, 7) is 2.83. The van der Waals surface area contributed by atoms with Crippen LogP contribution in [0.4, 0.5) is 18.9 Å². The fourth-order valence-electron chi connectivity index (χ4n) is 1.99. The zero-order valence-corrected chi connectivity index (χ0v) is 12.1. The Labute approximate surface area is 126 Å². The van der Waals surface area contributed by atoms with Gasteiger partial charge in [0.15, 0.2) is 0 Å². The van der Waals surface area contributed by atoms with Crippen LogP contribution in [0.25, 0.3) is 11.3 Å². The molecule has 1 heterocycles. The zero-order chi connectivity index (χ0) is 16.2. The Kier molecular flexibility index (Phi) is 4.97. The van der Waals surface area contributed by atoms with E-state index in [1.807, 2.05) is 0 Å². The molecular formula is C15H17F3N4. The Balaban J connectivity index is 2.40. The van der Waals surface area contributed by atoms with Gasteiger partial charge in [0, 0.05) is 12.1 Å². The van der Waals surface area contributed by atoms with Gasteiger partial charge in [-0.1, -0.05) is 12.1 Å². The number of alkyl halides is 3. The van der Waals surface area contributed by atoms with Crippen LogP contribution in [0.5, 0.6) is 0 Å². The second kappa shape index (κ2) is 6.74. The first-order valence-electron chi connectivity index (χ1n) is 6.87. The molecule has 22 heavy (non-hydrogen) atoms. The molecule has 0 amide bonds. The molecule has 0 radical (unpaired) electrons. The van der Waals surface area contributed by atoms with Gasteiger partial charge in [-0.25, -0.2) is 9.97 Å². The van der Waals surface area contributed by atoms with Crippen molar-refractivity contribution in [3.63, 3.8) is 0 Å². The third-order valence-electron chi connectivity index (χ3n) is 3.07. The predicted octanol–water partition coefficient (Wildman–Crippen LogP) is 3.23. The van der Waals surface area contributed by atoms with E-state index in [0.717, 1.165) is 18.6 Å². The van der Waals surface area contributed by atoms with Crippen molar-refractivity contribution in [1.82, 2.24) is 9.97 Å². The Morgan fingerprint density at radius 3 is 2.73 bits per heavy atom. The average molecular weight is 310 g/mol. The number of hydrogen-bond acceptors (Lipinski definition) is 4. The van der Waals surface area contributed by atoms with Crippen molar-refractivity contribution < 1.29 is 13.2 Å². The number of nitrogens with two attached hydrogens (primary N) is 1. The number of nitrogens with one attached hydrogen (secondary N) is 1. The summed E-state index contributed by atoms with van der Waals surface area (Å²) < 4.78 is 38.5. The summed E-state index contributed by atoms with van der Waals surface area (Å²) in [4.78, 5) is 8.36. The largest absolute Gasteiger partial charge is 0.416 e. The minimum Gasteiger partial charge on any atom is -0.382 e. The van der Waals surface area contributed by atoms with Gasteiger partial charge < -0.3 is 11.1 Å². The van der Waals surface area contributed by atoms with Gasteiger partial charge >= 0.3 is 6.18 Å². The van der Waals surface area contributed by atoms with Crippen LogP contribution >= 0.6 is 0 Å². The van der Waals surface area contributed by atoms with Crippen molar-refractivity contribution in [1.29, 1.82) is 0 Å². The summed E-state index contributed by atoms with van der Waals surface area (Å²) in [5.41, 5.74) is 6.19. The van der Waals surface area contributed by atoms with E-state index in [1.165, 1.54) is 6.07 Å². The van der Waals surface area contributed by atoms with E-state index < -0.39 is 11.7 Å². The summed E-state index contributed by atoms with van der Waals surface area (Å²) in [6.07, 6.45) is -2.06. The maximum absolute atomic E-state index is 12.8. The molecule has 1 aromatic carbocycles. The first-order valence-corrected chi connectivity index (χ1v) is 6.87. The van der Waals surface area contributed by atoms with E-state index in [1.54, 1.807) is 19.2 Å². The molecule has 118 valence electrons. The Bertz CT molecular complexity index is 641. The van der Waals surface area contributed by atoms with Gasteiger partial charge in [0.2, 0.25) is 0 Å². The average Bonchev–Trinajstić information content (AvgIpc) is 2.48. The highest BCUT2D eigenvalue weighted by molar-refractivity contribution is 5.74. The lowest BCUT2D eigenvalue weighted by atomic mass is 10.1. The highest BCUT2D eigenvalue weighted by Gasteiger charge is 2.30. The van der Waals surface area contributed by atoms with E-state index in [2.05, 4.69) is 15.3 Å². The monoisotopic (exact) mass is 310 g/mol. The van der Waals surface area contributed by atoms with Gasteiger partial charge in [0.05, 0.1) is 23.1 Å². The summed E-state index contributed by atoms with van der Waals surface area (Å²) in [6, 6.07) is 5.11. The Hall–Kier alpha value is -2.15. The number of aryl methyl sites for hydroxylation is 1. The van der Waals surface area contributed by atoms with Crippen LogP contribution in [0.3, 0.4) is 0 Å². The maximum atomic E-state index is 12.8. The van der Waals surface area contributed by atoms with E-state index in [4.69, 9.17) is 5.73 Å². The van der Waals surface area contributed by atoms with Crippen LogP contribution in [-0.4, -0.2) is 23.1 Å². The molecule has 3 N–H and O–H groups in total. The van der Waals surface area contributed by atoms with Crippen LogP contribution in [0.2, 0.25) is 0 Å². The van der Waals surface area contributed by atoms with Gasteiger partial charge in [0.25, 0.3) is 0 Å². The third-order valence-corrected chi connectivity index (χ3v) is 3.07. The lowest BCUT2D eigenvalue weighted by molar-refractivity contribution is -0.137. The normalized spacial score (nSPS) is 11.5. The molecule has 1 aromatic heterocycles. The van der Waals surface area contributed by atoms with Gasteiger partial charge in [-0.05, 0) is 32.0 Å². The van der Waals surface area contributed by atoms with Gasteiger partial charge in [0.1, 0.15) is 5.82 Å². The van der Waals surface area contributed by atoms with Crippen molar-refractivity contribution in [3.05, 3.63) is 41.9 Å². The summed E-state index contributed by atoms with van der Waals surface area (Å²) in [5, 5.41) is 3.11. The first kappa shape index (κ1) is 16.2. The number of halogens is 3. The minimum absolute atomic E-state index is 0.399. The van der Waals surface area contributed by atoms with E-state index in [-0.39, 0.29) is 0 Å². The van der Waals surface area contributed by atoms with Crippen molar-refractivity contribution >= 4 is 5.69 Å². The Morgan fingerprint density at radius 1 is 1.27 bits per heavy atom. The number of hydrogen-bond donors (Lipinski definition) is 2. The molecule has 0 bridgehead atoms. The summed E-state index contributed by atoms with van der Waals surface area (Å²) in [5.74, 6) is 0.497. The van der Waals surface area contributed by atoms with Crippen LogP contribution in [-0.2, 0) is 6.18 Å². The maximum Gasteiger partial charge on any atom is 0.416 e. The minimum atomic E-state index is -4.38. The molecule has 0 atom stereocenters. The van der Waals surface area contributed by atoms with Gasteiger partial charge in [-0.15, -0.1) is 0 Å². The van der Waals surface area contributed by atoms with Crippen molar-refractivity contribution in [2.45, 2.75) is 19.5 Å². The third kappa shape index (κ3) is 3.94. The quantitative estimate of drug-likeness (QED) is 0.832. The lowest BCUT2D eigenvalue weighted by Crippen LogP contribution is -2.10. The number of rotatable bonds is 5. The molecule has 7 heteroatoms. The topological polar surface area (TPSA) is 63.8 Å². The SMILES string of the molecule is Cc1ncc(NCCCN)c(-c2cccc(C(F)(F)F)c2)n1. The molecule has 0 fully saturated rings. The number of nitrogens with zero attached hydrogens (tertiary/aromatic N) is 2. The van der Waals surface area contributed by atoms with Crippen LogP contribution in [0.1, 0.15) is 17.8 Å². The standard InChI is InChI=1S/C15H17F3N4/c1-10-21-9-13(20-7-3-6-19)14(22-10)11-4-2-5-12(8-11)15(16,17)18/h2,4-5,8-9,20H,3,6-7,19H2,1H3. The van der Waals surface area contributed by atoms with Crippen molar-refractivity contribution in [2.75, 3.05) is 18.4 Å². The molecule has 0 aliphatic heterocycles. The molecule has 2 rings (SSSR count). The second-order valence-electron chi connectivity index (χ2n) is 4.83. The Morgan fingerprint density at radius 2 is 2.05 bits per heavy atom. The summed E-state index contributed by atoms with van der Waals surface area (Å²) >= 11 is 0. The summed E-state index contributed by atoms with van der Waals surface area (Å²) in [7, 11) is 0. The fourth-order valence-corrected chi connectivity index (χ4v) is 1.99. The molecule has 0 unspecified atom stereocenters. The molecule has 0 saturated heterocycles. The highest BCUT2D eigenvalue weighted by Crippen LogP contribution is 2.33. The fraction of sp³-hybridized carbons (Fsp3) is 0.333. The predicted molar refractivity (Wildman–Crippen MR) is 79.4 cm³/mol. The zero-order valence-electron chi connectivity index (χ0n) is 12.1. The lowest BCUT2D eigenvalue weighted by Gasteiger charge is -2.13. The molecule has 4 nitrogen and oxygen atoms in total. The molecule has 2 aromatic rings.